The number of nitrogens with one attached hydrogen (secondary N) is 1. The highest BCUT2D eigenvalue weighted by Gasteiger charge is 2.10. The standard InChI is InChI=1S/C20H14FN3O2S/c21-16-8-4-2-6-14(16)12-24-9-10-27-20(24)23-19(26)17-11-13-5-1-3-7-15(13)18(25)22-17/h1-11H,12H2,(H,22,25). The fourth-order valence-electron chi connectivity index (χ4n) is 2.79. The van der Waals surface area contributed by atoms with Crippen LogP contribution in [0, 0.1) is 5.82 Å². The quantitative estimate of drug-likeness (QED) is 0.593. The van der Waals surface area contributed by atoms with Crippen LogP contribution in [0.2, 0.25) is 0 Å². The average molecular weight is 379 g/mol. The summed E-state index contributed by atoms with van der Waals surface area (Å²) in [6.07, 6.45) is 1.74. The monoisotopic (exact) mass is 379 g/mol. The molecule has 0 saturated heterocycles. The maximum absolute atomic E-state index is 13.9. The highest BCUT2D eigenvalue weighted by atomic mass is 32.1. The van der Waals surface area contributed by atoms with Crippen molar-refractivity contribution < 1.29 is 9.18 Å². The highest BCUT2D eigenvalue weighted by Crippen LogP contribution is 2.11. The lowest BCUT2D eigenvalue weighted by Gasteiger charge is -2.04. The number of aromatic nitrogens is 2. The Morgan fingerprint density at radius 1 is 1.15 bits per heavy atom. The number of halogens is 1. The van der Waals surface area contributed by atoms with Gasteiger partial charge in [-0.15, -0.1) is 11.3 Å². The second-order valence-electron chi connectivity index (χ2n) is 5.92. The van der Waals surface area contributed by atoms with Crippen LogP contribution in [0.4, 0.5) is 4.39 Å². The number of pyridine rings is 1. The van der Waals surface area contributed by atoms with Gasteiger partial charge in [0.15, 0.2) is 4.80 Å². The lowest BCUT2D eigenvalue weighted by Crippen LogP contribution is -2.19. The molecule has 0 aliphatic carbocycles. The predicted octanol–water partition coefficient (Wildman–Crippen LogP) is 3.32. The van der Waals surface area contributed by atoms with Crippen LogP contribution < -0.4 is 10.4 Å². The van der Waals surface area contributed by atoms with Crippen LogP contribution in [0.3, 0.4) is 0 Å². The molecule has 0 spiro atoms. The van der Waals surface area contributed by atoms with Crippen LogP contribution in [0.25, 0.3) is 10.8 Å². The largest absolute Gasteiger partial charge is 0.319 e. The number of hydrogen-bond acceptors (Lipinski definition) is 3. The molecule has 0 atom stereocenters. The van der Waals surface area contributed by atoms with Gasteiger partial charge in [0.1, 0.15) is 11.5 Å². The topological polar surface area (TPSA) is 67.2 Å². The summed E-state index contributed by atoms with van der Waals surface area (Å²) in [4.78, 5) is 31.8. The summed E-state index contributed by atoms with van der Waals surface area (Å²) in [5, 5.41) is 2.96. The van der Waals surface area contributed by atoms with Gasteiger partial charge in [-0.1, -0.05) is 36.4 Å². The summed E-state index contributed by atoms with van der Waals surface area (Å²) in [6.45, 7) is 0.260. The number of fused-ring (bicyclic) bond motifs is 1. The minimum absolute atomic E-state index is 0.115. The number of H-pyrrole nitrogens is 1. The van der Waals surface area contributed by atoms with Crippen molar-refractivity contribution in [2.24, 2.45) is 4.99 Å². The van der Waals surface area contributed by atoms with E-state index in [0.717, 1.165) is 0 Å². The Bertz CT molecular complexity index is 1270. The lowest BCUT2D eigenvalue weighted by molar-refractivity contribution is 0.0993. The number of carbonyl (C=O) groups excluding carboxylic acids is 1. The molecule has 2 heterocycles. The van der Waals surface area contributed by atoms with Crippen molar-refractivity contribution in [3.05, 3.63) is 98.4 Å². The lowest BCUT2D eigenvalue weighted by atomic mass is 10.1. The summed E-state index contributed by atoms with van der Waals surface area (Å²) in [5.74, 6) is -0.866. The first-order valence-electron chi connectivity index (χ1n) is 8.20. The third-order valence-corrected chi connectivity index (χ3v) is 4.93. The van der Waals surface area contributed by atoms with Gasteiger partial charge in [-0.2, -0.15) is 4.99 Å². The minimum Gasteiger partial charge on any atom is -0.319 e. The second kappa shape index (κ2) is 7.13. The average Bonchev–Trinajstić information content (AvgIpc) is 3.10. The van der Waals surface area contributed by atoms with E-state index < -0.39 is 5.91 Å². The van der Waals surface area contributed by atoms with Crippen LogP contribution in [-0.4, -0.2) is 15.5 Å². The number of aromatic amines is 1. The van der Waals surface area contributed by atoms with E-state index in [9.17, 15) is 14.0 Å². The van der Waals surface area contributed by atoms with Gasteiger partial charge in [0.05, 0.1) is 6.54 Å². The molecule has 0 aliphatic rings. The first-order valence-corrected chi connectivity index (χ1v) is 9.08. The van der Waals surface area contributed by atoms with Crippen molar-refractivity contribution in [1.82, 2.24) is 9.55 Å². The summed E-state index contributed by atoms with van der Waals surface area (Å²) in [5.41, 5.74) is 0.283. The van der Waals surface area contributed by atoms with Gasteiger partial charge >= 0.3 is 0 Å². The maximum atomic E-state index is 13.9. The van der Waals surface area contributed by atoms with Crippen molar-refractivity contribution >= 4 is 28.0 Å². The van der Waals surface area contributed by atoms with Gasteiger partial charge in [-0.25, -0.2) is 4.39 Å². The molecule has 0 fully saturated rings. The van der Waals surface area contributed by atoms with E-state index in [1.54, 1.807) is 64.7 Å². The molecule has 2 aromatic carbocycles. The Morgan fingerprint density at radius 2 is 1.93 bits per heavy atom. The summed E-state index contributed by atoms with van der Waals surface area (Å²) < 4.78 is 15.6. The normalized spacial score (nSPS) is 11.8. The van der Waals surface area contributed by atoms with E-state index >= 15 is 0 Å². The molecule has 0 unspecified atom stereocenters. The minimum atomic E-state index is -0.553. The fraction of sp³-hybridized carbons (Fsp3) is 0.0500. The number of rotatable bonds is 3. The summed E-state index contributed by atoms with van der Waals surface area (Å²) in [6, 6.07) is 15.1. The first-order chi connectivity index (χ1) is 13.1. The number of benzene rings is 2. The van der Waals surface area contributed by atoms with E-state index in [-0.39, 0.29) is 23.6 Å². The first kappa shape index (κ1) is 17.1. The number of thiazole rings is 1. The number of carbonyl (C=O) groups is 1. The van der Waals surface area contributed by atoms with Crippen LogP contribution >= 0.6 is 11.3 Å². The van der Waals surface area contributed by atoms with Crippen molar-refractivity contribution in [2.75, 3.05) is 0 Å². The van der Waals surface area contributed by atoms with E-state index in [2.05, 4.69) is 9.98 Å². The molecule has 0 saturated carbocycles. The number of nitrogens with zero attached hydrogens (tertiary/aromatic N) is 2. The Morgan fingerprint density at radius 3 is 2.78 bits per heavy atom. The van der Waals surface area contributed by atoms with Crippen LogP contribution in [0.15, 0.2) is 76.0 Å². The van der Waals surface area contributed by atoms with E-state index in [4.69, 9.17) is 0 Å². The van der Waals surface area contributed by atoms with Gasteiger partial charge in [-0.3, -0.25) is 9.59 Å². The summed E-state index contributed by atoms with van der Waals surface area (Å²) in [7, 11) is 0. The number of amides is 1. The second-order valence-corrected chi connectivity index (χ2v) is 6.79. The molecule has 2 aromatic heterocycles. The van der Waals surface area contributed by atoms with Gasteiger partial charge in [0, 0.05) is 22.5 Å². The molecule has 4 aromatic rings. The third-order valence-electron chi connectivity index (χ3n) is 4.14. The van der Waals surface area contributed by atoms with E-state index in [0.29, 0.717) is 21.1 Å². The summed E-state index contributed by atoms with van der Waals surface area (Å²) >= 11 is 1.27. The Hall–Kier alpha value is -3.32. The molecule has 5 nitrogen and oxygen atoms in total. The third kappa shape index (κ3) is 3.50. The molecular weight excluding hydrogens is 365 g/mol. The van der Waals surface area contributed by atoms with Gasteiger partial charge in [-0.05, 0) is 23.6 Å². The van der Waals surface area contributed by atoms with Gasteiger partial charge in [0.25, 0.3) is 11.5 Å². The Kier molecular flexibility index (Phi) is 4.52. The molecule has 0 radical (unpaired) electrons. The molecule has 1 N–H and O–H groups in total. The zero-order chi connectivity index (χ0) is 18.8. The Labute approximate surface area is 157 Å². The maximum Gasteiger partial charge on any atom is 0.296 e. The Balaban J connectivity index is 1.71. The number of hydrogen-bond donors (Lipinski definition) is 1. The molecule has 4 rings (SSSR count). The molecule has 27 heavy (non-hydrogen) atoms. The molecule has 1 amide bonds. The van der Waals surface area contributed by atoms with Crippen molar-refractivity contribution in [3.8, 4) is 0 Å². The van der Waals surface area contributed by atoms with Crippen molar-refractivity contribution in [3.63, 3.8) is 0 Å². The smallest absolute Gasteiger partial charge is 0.296 e. The van der Waals surface area contributed by atoms with Crippen molar-refractivity contribution in [2.45, 2.75) is 6.54 Å². The molecule has 7 heteroatoms. The van der Waals surface area contributed by atoms with Crippen LogP contribution in [0.1, 0.15) is 16.1 Å². The van der Waals surface area contributed by atoms with E-state index in [1.807, 2.05) is 0 Å². The van der Waals surface area contributed by atoms with Gasteiger partial charge < -0.3 is 9.55 Å². The van der Waals surface area contributed by atoms with Crippen LogP contribution in [0.5, 0.6) is 0 Å². The van der Waals surface area contributed by atoms with E-state index in [1.165, 1.54) is 17.4 Å². The molecule has 0 bridgehead atoms. The highest BCUT2D eigenvalue weighted by molar-refractivity contribution is 7.07. The molecule has 0 aliphatic heterocycles. The van der Waals surface area contributed by atoms with Crippen LogP contribution in [-0.2, 0) is 6.54 Å². The predicted molar refractivity (Wildman–Crippen MR) is 102 cm³/mol. The SMILES string of the molecule is O=C(N=c1sccn1Cc1ccccc1F)c1cc2ccccc2c(=O)[nH]1. The van der Waals surface area contributed by atoms with Crippen molar-refractivity contribution in [1.29, 1.82) is 0 Å². The van der Waals surface area contributed by atoms with Gasteiger partial charge in [0.2, 0.25) is 0 Å². The fourth-order valence-corrected chi connectivity index (χ4v) is 3.52. The molecule has 134 valence electrons. The molecular formula is C20H14FN3O2S. The zero-order valence-corrected chi connectivity index (χ0v) is 14.9. The zero-order valence-electron chi connectivity index (χ0n) is 14.1.